The van der Waals surface area contributed by atoms with Crippen molar-refractivity contribution < 1.29 is 13.3 Å². The molecule has 1 unspecified atom stereocenters. The first-order chi connectivity index (χ1) is 10.2. The van der Waals surface area contributed by atoms with Gasteiger partial charge in [0.25, 0.3) is 0 Å². The van der Waals surface area contributed by atoms with E-state index in [1.54, 1.807) is 25.3 Å². The lowest BCUT2D eigenvalue weighted by atomic mass is 10.1. The highest BCUT2D eigenvalue weighted by atomic mass is 32.2. The zero-order valence-corrected chi connectivity index (χ0v) is 12.6. The SMILES string of the molecule is COc1cccc(S(=O)CC=CCc2ccc(F)cc2)c1. The molecule has 4 heteroatoms. The van der Waals surface area contributed by atoms with Crippen LogP contribution < -0.4 is 4.74 Å². The zero-order valence-electron chi connectivity index (χ0n) is 11.8. The van der Waals surface area contributed by atoms with Crippen LogP contribution in [0.4, 0.5) is 4.39 Å². The second kappa shape index (κ2) is 7.74. The molecule has 0 bridgehead atoms. The van der Waals surface area contributed by atoms with Crippen LogP contribution in [0.5, 0.6) is 5.75 Å². The van der Waals surface area contributed by atoms with E-state index in [-0.39, 0.29) is 5.82 Å². The first-order valence-electron chi connectivity index (χ1n) is 6.61. The average molecular weight is 304 g/mol. The van der Waals surface area contributed by atoms with Gasteiger partial charge in [0.2, 0.25) is 0 Å². The Balaban J connectivity index is 1.88. The molecule has 2 aromatic rings. The lowest BCUT2D eigenvalue weighted by Gasteiger charge is -2.02. The number of ether oxygens (including phenoxy) is 1. The van der Waals surface area contributed by atoms with Crippen molar-refractivity contribution in [1.29, 1.82) is 0 Å². The van der Waals surface area contributed by atoms with Crippen LogP contribution in [0.15, 0.2) is 65.6 Å². The lowest BCUT2D eigenvalue weighted by Crippen LogP contribution is -1.96. The van der Waals surface area contributed by atoms with Crippen LogP contribution in [-0.2, 0) is 17.2 Å². The average Bonchev–Trinajstić information content (AvgIpc) is 2.53. The fourth-order valence-electron chi connectivity index (χ4n) is 1.83. The molecule has 0 aliphatic heterocycles. The number of methoxy groups -OCH3 is 1. The molecule has 0 aromatic heterocycles. The van der Waals surface area contributed by atoms with Crippen molar-refractivity contribution in [2.75, 3.05) is 12.9 Å². The Hall–Kier alpha value is -1.94. The van der Waals surface area contributed by atoms with E-state index < -0.39 is 10.8 Å². The summed E-state index contributed by atoms with van der Waals surface area (Å²) in [6, 6.07) is 13.6. The molecule has 0 aliphatic carbocycles. The van der Waals surface area contributed by atoms with Crippen molar-refractivity contribution in [3.63, 3.8) is 0 Å². The van der Waals surface area contributed by atoms with Gasteiger partial charge in [-0.25, -0.2) is 4.39 Å². The molecule has 0 saturated carbocycles. The molecule has 0 aliphatic rings. The molecule has 2 rings (SSSR count). The zero-order chi connectivity index (χ0) is 15.1. The summed E-state index contributed by atoms with van der Waals surface area (Å²) in [5.74, 6) is 0.923. The van der Waals surface area contributed by atoms with E-state index in [9.17, 15) is 8.60 Å². The van der Waals surface area contributed by atoms with Crippen LogP contribution in [0.1, 0.15) is 5.56 Å². The summed E-state index contributed by atoms with van der Waals surface area (Å²) in [6.45, 7) is 0. The van der Waals surface area contributed by atoms with Crippen molar-refractivity contribution in [2.45, 2.75) is 11.3 Å². The Morgan fingerprint density at radius 1 is 1.14 bits per heavy atom. The van der Waals surface area contributed by atoms with E-state index in [1.165, 1.54) is 12.1 Å². The molecule has 0 saturated heterocycles. The maximum absolute atomic E-state index is 12.8. The number of allylic oxidation sites excluding steroid dienone is 1. The monoisotopic (exact) mass is 304 g/mol. The van der Waals surface area contributed by atoms with Gasteiger partial charge < -0.3 is 4.74 Å². The minimum Gasteiger partial charge on any atom is -0.497 e. The molecule has 0 heterocycles. The Morgan fingerprint density at radius 3 is 2.62 bits per heavy atom. The van der Waals surface area contributed by atoms with Crippen molar-refractivity contribution in [3.05, 3.63) is 72.1 Å². The molecular weight excluding hydrogens is 287 g/mol. The van der Waals surface area contributed by atoms with Gasteiger partial charge in [0.1, 0.15) is 11.6 Å². The largest absolute Gasteiger partial charge is 0.497 e. The van der Waals surface area contributed by atoms with Gasteiger partial charge in [-0.1, -0.05) is 30.4 Å². The number of hydrogen-bond donors (Lipinski definition) is 0. The van der Waals surface area contributed by atoms with Crippen LogP contribution in [0.3, 0.4) is 0 Å². The summed E-state index contributed by atoms with van der Waals surface area (Å²) in [5.41, 5.74) is 1.03. The first-order valence-corrected chi connectivity index (χ1v) is 7.93. The summed E-state index contributed by atoms with van der Waals surface area (Å²) < 4.78 is 30.0. The normalized spacial score (nSPS) is 12.5. The van der Waals surface area contributed by atoms with E-state index in [0.717, 1.165) is 10.5 Å². The maximum Gasteiger partial charge on any atom is 0.123 e. The second-order valence-electron chi connectivity index (χ2n) is 4.49. The number of benzene rings is 2. The summed E-state index contributed by atoms with van der Waals surface area (Å²) in [7, 11) is 0.504. The summed E-state index contributed by atoms with van der Waals surface area (Å²) in [6.07, 6.45) is 4.54. The summed E-state index contributed by atoms with van der Waals surface area (Å²) in [5, 5.41) is 0. The molecule has 0 fully saturated rings. The molecule has 0 radical (unpaired) electrons. The topological polar surface area (TPSA) is 26.3 Å². The number of rotatable bonds is 6. The van der Waals surface area contributed by atoms with E-state index >= 15 is 0 Å². The van der Waals surface area contributed by atoms with Crippen molar-refractivity contribution >= 4 is 10.8 Å². The predicted octanol–water partition coefficient (Wildman–Crippen LogP) is 3.74. The van der Waals surface area contributed by atoms with Gasteiger partial charge >= 0.3 is 0 Å². The molecular formula is C17H17FO2S. The standard InChI is InChI=1S/C17H17FO2S/c1-20-16-6-4-7-17(13-16)21(19)12-3-2-5-14-8-10-15(18)11-9-14/h2-4,6-11,13H,5,12H2,1H3. The van der Waals surface area contributed by atoms with Crippen LogP contribution in [0.2, 0.25) is 0 Å². The third kappa shape index (κ3) is 4.83. The number of halogens is 1. The van der Waals surface area contributed by atoms with Crippen LogP contribution >= 0.6 is 0 Å². The van der Waals surface area contributed by atoms with Gasteiger partial charge in [-0.3, -0.25) is 4.21 Å². The highest BCUT2D eigenvalue weighted by Gasteiger charge is 2.02. The fraction of sp³-hybridized carbons (Fsp3) is 0.176. The van der Waals surface area contributed by atoms with Gasteiger partial charge in [0, 0.05) is 10.6 Å². The second-order valence-corrected chi connectivity index (χ2v) is 5.99. The maximum atomic E-state index is 12.8. The minimum absolute atomic E-state index is 0.234. The first kappa shape index (κ1) is 15.4. The van der Waals surface area contributed by atoms with Crippen LogP contribution in [0.25, 0.3) is 0 Å². The predicted molar refractivity (Wildman–Crippen MR) is 83.5 cm³/mol. The van der Waals surface area contributed by atoms with Crippen molar-refractivity contribution in [3.8, 4) is 5.75 Å². The molecule has 1 atom stereocenters. The Labute approximate surface area is 126 Å². The number of hydrogen-bond acceptors (Lipinski definition) is 2. The van der Waals surface area contributed by atoms with E-state index in [0.29, 0.717) is 17.9 Å². The van der Waals surface area contributed by atoms with Crippen molar-refractivity contribution in [2.24, 2.45) is 0 Å². The molecule has 110 valence electrons. The van der Waals surface area contributed by atoms with Gasteiger partial charge in [-0.2, -0.15) is 0 Å². The van der Waals surface area contributed by atoms with Crippen LogP contribution in [0, 0.1) is 5.82 Å². The van der Waals surface area contributed by atoms with Gasteiger partial charge in [-0.15, -0.1) is 0 Å². The third-order valence-electron chi connectivity index (χ3n) is 2.99. The fourth-order valence-corrected chi connectivity index (χ4v) is 2.82. The van der Waals surface area contributed by atoms with Gasteiger partial charge in [-0.05, 0) is 42.3 Å². The highest BCUT2D eigenvalue weighted by Crippen LogP contribution is 2.16. The van der Waals surface area contributed by atoms with Gasteiger partial charge in [0.15, 0.2) is 0 Å². The minimum atomic E-state index is -1.08. The van der Waals surface area contributed by atoms with Crippen LogP contribution in [-0.4, -0.2) is 17.1 Å². The summed E-state index contributed by atoms with van der Waals surface area (Å²) in [4.78, 5) is 0.751. The molecule has 0 amide bonds. The molecule has 2 aromatic carbocycles. The highest BCUT2D eigenvalue weighted by molar-refractivity contribution is 7.85. The van der Waals surface area contributed by atoms with E-state index in [1.807, 2.05) is 30.4 Å². The molecule has 0 spiro atoms. The van der Waals surface area contributed by atoms with E-state index in [4.69, 9.17) is 4.74 Å². The summed E-state index contributed by atoms with van der Waals surface area (Å²) >= 11 is 0. The Bertz CT molecular complexity index is 635. The lowest BCUT2D eigenvalue weighted by molar-refractivity contribution is 0.413. The third-order valence-corrected chi connectivity index (χ3v) is 4.26. The Morgan fingerprint density at radius 2 is 1.90 bits per heavy atom. The van der Waals surface area contributed by atoms with E-state index in [2.05, 4.69) is 0 Å². The molecule has 2 nitrogen and oxygen atoms in total. The van der Waals surface area contributed by atoms with Gasteiger partial charge in [0.05, 0.1) is 17.9 Å². The van der Waals surface area contributed by atoms with Crippen molar-refractivity contribution in [1.82, 2.24) is 0 Å². The smallest absolute Gasteiger partial charge is 0.123 e. The quantitative estimate of drug-likeness (QED) is 0.760. The Kier molecular flexibility index (Phi) is 5.69. The molecule has 21 heavy (non-hydrogen) atoms. The molecule has 0 N–H and O–H groups in total.